The van der Waals surface area contributed by atoms with Crippen molar-refractivity contribution < 1.29 is 14.6 Å². The van der Waals surface area contributed by atoms with Gasteiger partial charge in [-0.15, -0.1) is 0 Å². The molecule has 0 aliphatic heterocycles. The summed E-state index contributed by atoms with van der Waals surface area (Å²) >= 11 is 0. The van der Waals surface area contributed by atoms with E-state index < -0.39 is 11.5 Å². The molecule has 5 nitrogen and oxygen atoms in total. The van der Waals surface area contributed by atoms with Crippen LogP contribution in [0.2, 0.25) is 0 Å². The van der Waals surface area contributed by atoms with E-state index in [1.165, 1.54) is 6.42 Å². The number of primary amides is 1. The maximum Gasteiger partial charge on any atom is 0.255 e. The van der Waals surface area contributed by atoms with Gasteiger partial charge in [0.1, 0.15) is 5.75 Å². The molecule has 1 aromatic carbocycles. The predicted octanol–water partition coefficient (Wildman–Crippen LogP) is 1.34. The quantitative estimate of drug-likeness (QED) is 0.708. The summed E-state index contributed by atoms with van der Waals surface area (Å²) in [5.41, 5.74) is 5.59. The van der Waals surface area contributed by atoms with Crippen molar-refractivity contribution in [2.24, 2.45) is 5.73 Å². The minimum Gasteiger partial charge on any atom is -0.484 e. The van der Waals surface area contributed by atoms with Crippen LogP contribution in [0.15, 0.2) is 24.3 Å². The number of nitrogens with two attached hydrogens (primary N) is 1. The van der Waals surface area contributed by atoms with Crippen molar-refractivity contribution in [1.82, 2.24) is 5.32 Å². The Labute approximate surface area is 125 Å². The maximum atomic E-state index is 10.6. The lowest BCUT2D eigenvalue weighted by atomic mass is 9.85. The number of hydrogen-bond acceptors (Lipinski definition) is 4. The molecule has 2 rings (SSSR count). The van der Waals surface area contributed by atoms with Gasteiger partial charge in [0.2, 0.25) is 0 Å². The number of nitrogens with one attached hydrogen (secondary N) is 1. The fourth-order valence-corrected chi connectivity index (χ4v) is 2.68. The van der Waals surface area contributed by atoms with Crippen molar-refractivity contribution in [2.75, 3.05) is 13.2 Å². The van der Waals surface area contributed by atoms with Crippen molar-refractivity contribution in [3.05, 3.63) is 29.8 Å². The monoisotopic (exact) mass is 292 g/mol. The summed E-state index contributed by atoms with van der Waals surface area (Å²) in [6, 6.07) is 7.51. The van der Waals surface area contributed by atoms with Gasteiger partial charge >= 0.3 is 0 Å². The molecule has 5 heteroatoms. The molecule has 116 valence electrons. The van der Waals surface area contributed by atoms with Gasteiger partial charge in [0.25, 0.3) is 5.91 Å². The lowest BCUT2D eigenvalue weighted by Gasteiger charge is -2.32. The second-order valence-corrected chi connectivity index (χ2v) is 5.79. The van der Waals surface area contributed by atoms with Gasteiger partial charge in [0, 0.05) is 13.1 Å². The summed E-state index contributed by atoms with van der Waals surface area (Å²) in [6.45, 7) is 1.23. The Hall–Kier alpha value is -1.59. The van der Waals surface area contributed by atoms with Gasteiger partial charge in [-0.1, -0.05) is 31.4 Å². The number of rotatable bonds is 7. The highest BCUT2D eigenvalue weighted by Crippen LogP contribution is 2.27. The second kappa shape index (κ2) is 7.43. The van der Waals surface area contributed by atoms with Crippen molar-refractivity contribution in [1.29, 1.82) is 0 Å². The minimum atomic E-state index is -0.539. The van der Waals surface area contributed by atoms with E-state index >= 15 is 0 Å². The van der Waals surface area contributed by atoms with Gasteiger partial charge in [-0.3, -0.25) is 4.79 Å². The number of carbonyl (C=O) groups is 1. The van der Waals surface area contributed by atoms with Crippen LogP contribution in [0.1, 0.15) is 37.7 Å². The van der Waals surface area contributed by atoms with E-state index in [-0.39, 0.29) is 6.61 Å². The largest absolute Gasteiger partial charge is 0.484 e. The molecule has 1 aliphatic rings. The van der Waals surface area contributed by atoms with Crippen LogP contribution in [-0.4, -0.2) is 29.8 Å². The van der Waals surface area contributed by atoms with Crippen molar-refractivity contribution in [2.45, 2.75) is 44.2 Å². The fraction of sp³-hybridized carbons (Fsp3) is 0.562. The summed E-state index contributed by atoms with van der Waals surface area (Å²) in [6.07, 6.45) is 5.24. The van der Waals surface area contributed by atoms with E-state index in [4.69, 9.17) is 10.5 Å². The number of aliphatic hydroxyl groups is 1. The third kappa shape index (κ3) is 5.36. The Morgan fingerprint density at radius 1 is 1.24 bits per heavy atom. The molecule has 4 N–H and O–H groups in total. The summed E-state index contributed by atoms with van der Waals surface area (Å²) < 4.78 is 5.20. The first-order chi connectivity index (χ1) is 10.1. The molecule has 0 heterocycles. The number of ether oxygens (including phenoxy) is 1. The van der Waals surface area contributed by atoms with Crippen LogP contribution in [0.5, 0.6) is 5.75 Å². The molecular weight excluding hydrogens is 268 g/mol. The van der Waals surface area contributed by atoms with Crippen molar-refractivity contribution in [3.8, 4) is 5.75 Å². The molecule has 0 radical (unpaired) electrons. The average Bonchev–Trinajstić information content (AvgIpc) is 2.47. The van der Waals surface area contributed by atoms with E-state index in [1.54, 1.807) is 0 Å². The second-order valence-electron chi connectivity index (χ2n) is 5.79. The summed E-state index contributed by atoms with van der Waals surface area (Å²) in [5.74, 6) is 0.143. The Bertz CT molecular complexity index is 453. The molecule has 1 aliphatic carbocycles. The van der Waals surface area contributed by atoms with E-state index in [2.05, 4.69) is 5.32 Å². The van der Waals surface area contributed by atoms with Gasteiger partial charge in [0.15, 0.2) is 6.61 Å². The maximum absolute atomic E-state index is 10.6. The van der Waals surface area contributed by atoms with Crippen LogP contribution in [0.25, 0.3) is 0 Å². The third-order valence-corrected chi connectivity index (χ3v) is 3.87. The van der Waals surface area contributed by atoms with Gasteiger partial charge in [-0.25, -0.2) is 0 Å². The van der Waals surface area contributed by atoms with Crippen LogP contribution in [0.4, 0.5) is 0 Å². The standard InChI is InChI=1S/C16H24N2O3/c17-15(19)11-21-14-6-4-13(5-7-14)10-18-12-16(20)8-2-1-3-9-16/h4-7,18,20H,1-3,8-12H2,(H2,17,19). The van der Waals surface area contributed by atoms with Gasteiger partial charge in [-0.05, 0) is 30.5 Å². The van der Waals surface area contributed by atoms with Crippen molar-refractivity contribution >= 4 is 5.91 Å². The molecule has 0 aromatic heterocycles. The van der Waals surface area contributed by atoms with Crippen LogP contribution in [0, 0.1) is 0 Å². The molecule has 1 fully saturated rings. The molecule has 0 atom stereocenters. The number of carbonyl (C=O) groups excluding carboxylic acids is 1. The summed E-state index contributed by atoms with van der Waals surface area (Å²) in [4.78, 5) is 10.6. The first-order valence-electron chi connectivity index (χ1n) is 7.51. The highest BCUT2D eigenvalue weighted by molar-refractivity contribution is 5.75. The van der Waals surface area contributed by atoms with Crippen LogP contribution in [0.3, 0.4) is 0 Å². The number of hydrogen-bond donors (Lipinski definition) is 3. The lowest BCUT2D eigenvalue weighted by Crippen LogP contribution is -2.41. The summed E-state index contributed by atoms with van der Waals surface area (Å²) in [7, 11) is 0. The smallest absolute Gasteiger partial charge is 0.255 e. The Morgan fingerprint density at radius 3 is 2.52 bits per heavy atom. The van der Waals surface area contributed by atoms with E-state index in [1.807, 2.05) is 24.3 Å². The topological polar surface area (TPSA) is 84.6 Å². The molecule has 0 saturated heterocycles. The average molecular weight is 292 g/mol. The SMILES string of the molecule is NC(=O)COc1ccc(CNCC2(O)CCCCC2)cc1. The zero-order valence-electron chi connectivity index (χ0n) is 12.3. The molecule has 0 unspecified atom stereocenters. The zero-order valence-corrected chi connectivity index (χ0v) is 12.3. The Morgan fingerprint density at radius 2 is 1.90 bits per heavy atom. The Balaban J connectivity index is 1.74. The minimum absolute atomic E-state index is 0.107. The third-order valence-electron chi connectivity index (χ3n) is 3.87. The molecular formula is C16H24N2O3. The predicted molar refractivity (Wildman–Crippen MR) is 80.9 cm³/mol. The zero-order chi connectivity index (χ0) is 15.1. The number of amides is 1. The molecule has 1 aromatic rings. The molecule has 0 spiro atoms. The van der Waals surface area contributed by atoms with E-state index in [0.717, 1.165) is 31.2 Å². The lowest BCUT2D eigenvalue weighted by molar-refractivity contribution is -0.119. The molecule has 1 amide bonds. The van der Waals surface area contributed by atoms with Gasteiger partial charge in [-0.2, -0.15) is 0 Å². The molecule has 0 bridgehead atoms. The summed E-state index contributed by atoms with van der Waals surface area (Å²) in [5, 5.41) is 13.7. The van der Waals surface area contributed by atoms with Crippen LogP contribution >= 0.6 is 0 Å². The normalized spacial score (nSPS) is 17.4. The molecule has 21 heavy (non-hydrogen) atoms. The van der Waals surface area contributed by atoms with Gasteiger partial charge in [0.05, 0.1) is 5.60 Å². The van der Waals surface area contributed by atoms with Crippen LogP contribution < -0.4 is 15.8 Å². The molecule has 1 saturated carbocycles. The first kappa shape index (κ1) is 15.8. The van der Waals surface area contributed by atoms with Gasteiger partial charge < -0.3 is 20.9 Å². The first-order valence-corrected chi connectivity index (χ1v) is 7.51. The highest BCUT2D eigenvalue weighted by Gasteiger charge is 2.28. The Kier molecular flexibility index (Phi) is 5.59. The van der Waals surface area contributed by atoms with E-state index in [0.29, 0.717) is 18.8 Å². The highest BCUT2D eigenvalue weighted by atomic mass is 16.5. The van der Waals surface area contributed by atoms with E-state index in [9.17, 15) is 9.90 Å². The van der Waals surface area contributed by atoms with Crippen LogP contribution in [-0.2, 0) is 11.3 Å². The number of benzene rings is 1. The fourth-order valence-electron chi connectivity index (χ4n) is 2.68. The van der Waals surface area contributed by atoms with Crippen molar-refractivity contribution in [3.63, 3.8) is 0 Å².